The number of hydrogen-bond donors (Lipinski definition) is 3. The van der Waals surface area contributed by atoms with E-state index in [0.29, 0.717) is 12.1 Å². The van der Waals surface area contributed by atoms with E-state index in [1.54, 1.807) is 6.20 Å². The Hall–Kier alpha value is -1.39. The first-order valence-electron chi connectivity index (χ1n) is 2.46. The molecule has 0 spiro atoms. The van der Waals surface area contributed by atoms with Crippen molar-refractivity contribution < 1.29 is 0 Å². The van der Waals surface area contributed by atoms with Gasteiger partial charge in [0.1, 0.15) is 0 Å². The fraction of sp³-hybridized carbons (Fsp3) is 0.250. The van der Waals surface area contributed by atoms with E-state index in [1.165, 1.54) is 0 Å². The smallest absolute Gasteiger partial charge is 0.0967 e. The number of nitrogens with two attached hydrogens (primary N) is 1. The zero-order chi connectivity index (χ0) is 6.69. The Morgan fingerprint density at radius 2 is 2.67 bits per heavy atom. The van der Waals surface area contributed by atoms with Crippen LogP contribution in [0.5, 0.6) is 0 Å². The van der Waals surface area contributed by atoms with Gasteiger partial charge in [0, 0.05) is 0 Å². The molecule has 4 N–H and O–H groups in total. The van der Waals surface area contributed by atoms with Crippen LogP contribution >= 0.6 is 0 Å². The van der Waals surface area contributed by atoms with Gasteiger partial charge in [0.05, 0.1) is 24.1 Å². The van der Waals surface area contributed by atoms with Crippen LogP contribution in [0.15, 0.2) is 6.20 Å². The fourth-order valence-corrected chi connectivity index (χ4v) is 0.506. The molecule has 1 heterocycles. The summed E-state index contributed by atoms with van der Waals surface area (Å²) < 4.78 is 0. The first-order chi connectivity index (χ1) is 4.29. The zero-order valence-corrected chi connectivity index (χ0v) is 4.76. The predicted molar refractivity (Wildman–Crippen MR) is 32.0 cm³/mol. The van der Waals surface area contributed by atoms with E-state index in [4.69, 9.17) is 11.1 Å². The lowest BCUT2D eigenvalue weighted by molar-refractivity contribution is 0.921. The summed E-state index contributed by atoms with van der Waals surface area (Å²) in [6.07, 6.45) is 1.91. The van der Waals surface area contributed by atoms with Crippen LogP contribution in [0.2, 0.25) is 0 Å². The van der Waals surface area contributed by atoms with Gasteiger partial charge in [0.2, 0.25) is 0 Å². The topological polar surface area (TPSA) is 91.4 Å². The van der Waals surface area contributed by atoms with Gasteiger partial charge < -0.3 is 5.73 Å². The molecule has 0 radical (unpaired) electrons. The number of hydrogen-bond acceptors (Lipinski definition) is 3. The van der Waals surface area contributed by atoms with Gasteiger partial charge in [-0.05, 0) is 0 Å². The molecule has 0 aliphatic rings. The van der Waals surface area contributed by atoms with E-state index in [9.17, 15) is 0 Å². The van der Waals surface area contributed by atoms with Crippen LogP contribution in [0, 0.1) is 5.41 Å². The average Bonchev–Trinajstić information content (AvgIpc) is 2.15. The number of nitrogens with zero attached hydrogens (tertiary/aromatic N) is 2. The lowest BCUT2D eigenvalue weighted by Crippen LogP contribution is -2.12. The molecule has 0 unspecified atom stereocenters. The third kappa shape index (κ3) is 1.52. The molecule has 5 heteroatoms. The molecule has 0 aliphatic carbocycles. The van der Waals surface area contributed by atoms with E-state index in [2.05, 4.69) is 15.4 Å². The highest BCUT2D eigenvalue weighted by atomic mass is 15.3. The molecule has 0 atom stereocenters. The molecule has 0 bridgehead atoms. The highest BCUT2D eigenvalue weighted by molar-refractivity contribution is 5.78. The van der Waals surface area contributed by atoms with Crippen molar-refractivity contribution in [3.8, 4) is 0 Å². The standard InChI is InChI=1S/C4H7N5/c5-4(6)1-3-2-7-9-8-3/h2H,1H2,(H3,5,6)(H,7,8,9). The number of nitrogens with one attached hydrogen (secondary N) is 2. The van der Waals surface area contributed by atoms with Crippen molar-refractivity contribution in [3.63, 3.8) is 0 Å². The summed E-state index contributed by atoms with van der Waals surface area (Å²) in [5.41, 5.74) is 5.78. The van der Waals surface area contributed by atoms with Gasteiger partial charge in [-0.25, -0.2) is 0 Å². The van der Waals surface area contributed by atoms with Crippen molar-refractivity contribution in [2.75, 3.05) is 0 Å². The van der Waals surface area contributed by atoms with Crippen molar-refractivity contribution >= 4 is 5.84 Å². The number of amidine groups is 1. The van der Waals surface area contributed by atoms with Gasteiger partial charge in [-0.15, -0.1) is 0 Å². The second kappa shape index (κ2) is 2.25. The van der Waals surface area contributed by atoms with E-state index in [0.717, 1.165) is 0 Å². The van der Waals surface area contributed by atoms with E-state index in [-0.39, 0.29) is 5.84 Å². The minimum Gasteiger partial charge on any atom is -0.387 e. The van der Waals surface area contributed by atoms with Crippen LogP contribution in [0.3, 0.4) is 0 Å². The van der Waals surface area contributed by atoms with Crippen molar-refractivity contribution in [1.82, 2.24) is 15.4 Å². The zero-order valence-electron chi connectivity index (χ0n) is 4.76. The normalized spacial score (nSPS) is 9.33. The van der Waals surface area contributed by atoms with Crippen molar-refractivity contribution in [3.05, 3.63) is 11.9 Å². The Morgan fingerprint density at radius 3 is 3.11 bits per heavy atom. The fourth-order valence-electron chi connectivity index (χ4n) is 0.506. The predicted octanol–water partition coefficient (Wildman–Crippen LogP) is -0.717. The van der Waals surface area contributed by atoms with Crippen molar-refractivity contribution in [2.24, 2.45) is 5.73 Å². The van der Waals surface area contributed by atoms with Crippen LogP contribution < -0.4 is 5.73 Å². The largest absolute Gasteiger partial charge is 0.387 e. The molecule has 5 nitrogen and oxygen atoms in total. The second-order valence-corrected chi connectivity index (χ2v) is 1.66. The van der Waals surface area contributed by atoms with Gasteiger partial charge in [-0.1, -0.05) is 0 Å². The van der Waals surface area contributed by atoms with Crippen LogP contribution in [-0.2, 0) is 6.42 Å². The molecular weight excluding hydrogens is 118 g/mol. The Labute approximate surface area is 51.8 Å². The van der Waals surface area contributed by atoms with Crippen LogP contribution in [0.1, 0.15) is 5.69 Å². The molecule has 0 saturated heterocycles. The van der Waals surface area contributed by atoms with Crippen molar-refractivity contribution in [2.45, 2.75) is 6.42 Å². The van der Waals surface area contributed by atoms with E-state index < -0.39 is 0 Å². The minimum absolute atomic E-state index is 0.101. The molecule has 1 rings (SSSR count). The molecule has 0 fully saturated rings. The van der Waals surface area contributed by atoms with Crippen LogP contribution in [0.25, 0.3) is 0 Å². The third-order valence-electron chi connectivity index (χ3n) is 0.836. The van der Waals surface area contributed by atoms with Crippen LogP contribution in [-0.4, -0.2) is 21.2 Å². The summed E-state index contributed by atoms with van der Waals surface area (Å²) in [6, 6.07) is 0. The molecule has 1 aromatic heterocycles. The Bertz CT molecular complexity index is 189. The summed E-state index contributed by atoms with van der Waals surface area (Å²) in [7, 11) is 0. The number of aromatic nitrogens is 3. The SMILES string of the molecule is N=C(N)Cc1cn[nH]n1. The van der Waals surface area contributed by atoms with E-state index in [1.807, 2.05) is 0 Å². The highest BCUT2D eigenvalue weighted by Gasteiger charge is 1.95. The maximum atomic E-state index is 6.87. The van der Waals surface area contributed by atoms with Crippen LogP contribution in [0.4, 0.5) is 0 Å². The Kier molecular flexibility index (Phi) is 1.44. The summed E-state index contributed by atoms with van der Waals surface area (Å²) in [5, 5.41) is 16.5. The van der Waals surface area contributed by atoms with E-state index >= 15 is 0 Å². The maximum Gasteiger partial charge on any atom is 0.0967 e. The Morgan fingerprint density at radius 1 is 1.89 bits per heavy atom. The molecular formula is C4H7N5. The first-order valence-corrected chi connectivity index (χ1v) is 2.46. The number of rotatable bonds is 2. The number of H-pyrrole nitrogens is 1. The molecule has 0 amide bonds. The maximum absolute atomic E-state index is 6.87. The lowest BCUT2D eigenvalue weighted by atomic mass is 10.3. The first kappa shape index (κ1) is 5.74. The molecule has 48 valence electrons. The van der Waals surface area contributed by atoms with Gasteiger partial charge >= 0.3 is 0 Å². The summed E-state index contributed by atoms with van der Waals surface area (Å²) >= 11 is 0. The van der Waals surface area contributed by atoms with Gasteiger partial charge in [-0.2, -0.15) is 15.4 Å². The van der Waals surface area contributed by atoms with Crippen molar-refractivity contribution in [1.29, 1.82) is 5.41 Å². The minimum atomic E-state index is 0.101. The van der Waals surface area contributed by atoms with Gasteiger partial charge in [0.25, 0.3) is 0 Å². The average molecular weight is 125 g/mol. The third-order valence-corrected chi connectivity index (χ3v) is 0.836. The van der Waals surface area contributed by atoms with Gasteiger partial charge in [0.15, 0.2) is 0 Å². The quantitative estimate of drug-likeness (QED) is 0.360. The van der Waals surface area contributed by atoms with Gasteiger partial charge in [-0.3, -0.25) is 5.41 Å². The molecule has 0 saturated carbocycles. The molecule has 0 aliphatic heterocycles. The second-order valence-electron chi connectivity index (χ2n) is 1.66. The molecule has 1 aromatic rings. The summed E-state index contributed by atoms with van der Waals surface area (Å²) in [4.78, 5) is 0. The lowest BCUT2D eigenvalue weighted by Gasteiger charge is -1.87. The Balaban J connectivity index is 2.58. The summed E-state index contributed by atoms with van der Waals surface area (Å²) in [6.45, 7) is 0. The highest BCUT2D eigenvalue weighted by Crippen LogP contribution is 1.87. The number of aromatic amines is 1. The summed E-state index contributed by atoms with van der Waals surface area (Å²) in [5.74, 6) is 0.101. The molecule has 0 aromatic carbocycles. The molecule has 9 heavy (non-hydrogen) atoms. The monoisotopic (exact) mass is 125 g/mol.